The Morgan fingerprint density at radius 1 is 1.36 bits per heavy atom. The molecule has 0 bridgehead atoms. The topological polar surface area (TPSA) is 96.5 Å². The normalized spacial score (nSPS) is 17.6. The van der Waals surface area contributed by atoms with Crippen molar-refractivity contribution in [1.29, 1.82) is 0 Å². The van der Waals surface area contributed by atoms with Gasteiger partial charge in [0, 0.05) is 4.88 Å². The molecule has 10 heteroatoms. The summed E-state index contributed by atoms with van der Waals surface area (Å²) in [5.41, 5.74) is 1.44. The zero-order valence-electron chi connectivity index (χ0n) is 12.2. The van der Waals surface area contributed by atoms with Crippen LogP contribution in [0.3, 0.4) is 0 Å². The minimum atomic E-state index is -0.797. The number of aliphatic hydroxyl groups excluding tert-OH is 1. The average molecular weight is 438 g/mol. The van der Waals surface area contributed by atoms with Crippen LogP contribution in [0.1, 0.15) is 21.5 Å². The second kappa shape index (κ2) is 6.21. The molecule has 0 aliphatic carbocycles. The molecule has 3 aromatic rings. The molecule has 0 spiro atoms. The third-order valence-electron chi connectivity index (χ3n) is 3.62. The molecule has 0 aromatic carbocycles. The van der Waals surface area contributed by atoms with Crippen molar-refractivity contribution in [2.75, 3.05) is 4.90 Å². The van der Waals surface area contributed by atoms with Gasteiger partial charge in [0.1, 0.15) is 11.6 Å². The third-order valence-corrected chi connectivity index (χ3v) is 5.98. The number of furan rings is 1. The number of aliphatic hydroxyl groups is 1. The number of halogens is 1. The highest BCUT2D eigenvalue weighted by atomic mass is 79.9. The maximum absolute atomic E-state index is 12.8. The Hall–Kier alpha value is -2.30. The number of hydrogen-bond acceptors (Lipinski definition) is 8. The number of nitrogens with zero attached hydrogens (tertiary/aromatic N) is 3. The van der Waals surface area contributed by atoms with Gasteiger partial charge in [0.05, 0.1) is 15.6 Å². The van der Waals surface area contributed by atoms with E-state index >= 15 is 0 Å². The van der Waals surface area contributed by atoms with Crippen LogP contribution < -0.4 is 4.90 Å². The fourth-order valence-electron chi connectivity index (χ4n) is 2.59. The van der Waals surface area contributed by atoms with E-state index in [4.69, 9.17) is 4.42 Å². The first-order valence-corrected chi connectivity index (χ1v) is 9.43. The number of ketones is 1. The number of amides is 1. The molecular weight excluding hydrogens is 430 g/mol. The van der Waals surface area contributed by atoms with Gasteiger partial charge >= 0.3 is 0 Å². The summed E-state index contributed by atoms with van der Waals surface area (Å²) in [7, 11) is 0. The molecule has 4 heterocycles. The monoisotopic (exact) mass is 437 g/mol. The lowest BCUT2D eigenvalue weighted by molar-refractivity contribution is -0.117. The largest absolute Gasteiger partial charge is 0.503 e. The lowest BCUT2D eigenvalue weighted by Crippen LogP contribution is -2.30. The molecule has 0 saturated heterocycles. The number of thiophene rings is 1. The first kappa shape index (κ1) is 16.2. The molecule has 1 aliphatic rings. The fourth-order valence-corrected chi connectivity index (χ4v) is 4.70. The second-order valence-corrected chi connectivity index (χ2v) is 8.32. The first-order chi connectivity index (χ1) is 12.1. The van der Waals surface area contributed by atoms with Gasteiger partial charge in [-0.1, -0.05) is 11.3 Å². The van der Waals surface area contributed by atoms with Crippen molar-refractivity contribution < 1.29 is 19.1 Å². The van der Waals surface area contributed by atoms with Crippen molar-refractivity contribution in [2.24, 2.45) is 0 Å². The van der Waals surface area contributed by atoms with E-state index in [1.54, 1.807) is 12.1 Å². The van der Waals surface area contributed by atoms with Crippen LogP contribution in [-0.4, -0.2) is 27.0 Å². The number of rotatable bonds is 4. The Bertz CT molecular complexity index is 979. The van der Waals surface area contributed by atoms with Crippen molar-refractivity contribution in [3.05, 3.63) is 61.8 Å². The van der Waals surface area contributed by atoms with Gasteiger partial charge in [-0.05, 0) is 40.2 Å². The van der Waals surface area contributed by atoms with E-state index in [2.05, 4.69) is 26.1 Å². The van der Waals surface area contributed by atoms with Crippen LogP contribution in [-0.2, 0) is 4.79 Å². The van der Waals surface area contributed by atoms with Gasteiger partial charge < -0.3 is 9.52 Å². The predicted molar refractivity (Wildman–Crippen MR) is 94.8 cm³/mol. The Morgan fingerprint density at radius 2 is 2.20 bits per heavy atom. The zero-order chi connectivity index (χ0) is 17.6. The molecule has 0 radical (unpaired) electrons. The fraction of sp³-hybridized carbons (Fsp3) is 0.0667. The van der Waals surface area contributed by atoms with Crippen molar-refractivity contribution >= 4 is 55.4 Å². The van der Waals surface area contributed by atoms with Crippen molar-refractivity contribution in [2.45, 2.75) is 6.04 Å². The number of Topliss-reactive ketones (excluding diaryl/α,β-unsaturated/α-hetero) is 1. The Morgan fingerprint density at radius 3 is 2.80 bits per heavy atom. The summed E-state index contributed by atoms with van der Waals surface area (Å²) in [5, 5.41) is 18.4. The minimum absolute atomic E-state index is 0.0375. The van der Waals surface area contributed by atoms with Crippen LogP contribution >= 0.6 is 38.6 Å². The molecule has 1 amide bonds. The molecule has 1 N–H and O–H groups in total. The van der Waals surface area contributed by atoms with E-state index < -0.39 is 23.5 Å². The van der Waals surface area contributed by atoms with E-state index in [0.717, 1.165) is 15.1 Å². The van der Waals surface area contributed by atoms with E-state index in [1.807, 2.05) is 6.07 Å². The summed E-state index contributed by atoms with van der Waals surface area (Å²) in [6.45, 7) is 0. The molecule has 4 rings (SSSR count). The molecule has 25 heavy (non-hydrogen) atoms. The highest BCUT2D eigenvalue weighted by molar-refractivity contribution is 9.11. The highest BCUT2D eigenvalue weighted by Crippen LogP contribution is 2.44. The van der Waals surface area contributed by atoms with Gasteiger partial charge in [0.15, 0.2) is 11.5 Å². The third kappa shape index (κ3) is 2.62. The van der Waals surface area contributed by atoms with E-state index in [0.29, 0.717) is 10.0 Å². The second-order valence-electron chi connectivity index (χ2n) is 5.01. The van der Waals surface area contributed by atoms with E-state index in [-0.39, 0.29) is 11.3 Å². The quantitative estimate of drug-likeness (QED) is 0.624. The molecule has 1 atom stereocenters. The number of aromatic nitrogens is 2. The molecule has 1 aliphatic heterocycles. The summed E-state index contributed by atoms with van der Waals surface area (Å²) in [6.07, 6.45) is 1.36. The molecule has 3 aromatic heterocycles. The smallest absolute Gasteiger partial charge is 0.296 e. The molecule has 1 unspecified atom stereocenters. The summed E-state index contributed by atoms with van der Waals surface area (Å²) in [4.78, 5) is 27.5. The summed E-state index contributed by atoms with van der Waals surface area (Å²) < 4.78 is 5.99. The van der Waals surface area contributed by atoms with Crippen LogP contribution in [0.5, 0.6) is 0 Å². The summed E-state index contributed by atoms with van der Waals surface area (Å²) in [5.74, 6) is -1.79. The zero-order valence-corrected chi connectivity index (χ0v) is 15.5. The SMILES string of the molecule is O=C(C1=C(O)C(=O)N(c2nncs2)C1c1ccc(Br)s1)c1ccco1. The van der Waals surface area contributed by atoms with Crippen LogP contribution in [0, 0.1) is 0 Å². The first-order valence-electron chi connectivity index (χ1n) is 6.94. The van der Waals surface area contributed by atoms with Crippen molar-refractivity contribution in [3.63, 3.8) is 0 Å². The predicted octanol–water partition coefficient (Wildman–Crippen LogP) is 3.74. The Labute approximate surface area is 157 Å². The number of anilines is 1. The summed E-state index contributed by atoms with van der Waals surface area (Å²) >= 11 is 5.89. The standard InChI is InChI=1S/C15H8BrN3O4S2/c16-9-4-3-8(25-9)11-10(12(20)7-2-1-5-23-7)13(21)14(22)19(11)15-18-17-6-24-15/h1-6,11,21H. The Kier molecular flexibility index (Phi) is 4.02. The van der Waals surface area contributed by atoms with Gasteiger partial charge in [-0.15, -0.1) is 21.5 Å². The van der Waals surface area contributed by atoms with Gasteiger partial charge in [0.25, 0.3) is 5.91 Å². The average Bonchev–Trinajstić information content (AvgIpc) is 3.36. The molecular formula is C15H8BrN3O4S2. The van der Waals surface area contributed by atoms with Crippen LogP contribution in [0.4, 0.5) is 5.13 Å². The van der Waals surface area contributed by atoms with E-state index in [1.165, 1.54) is 34.1 Å². The van der Waals surface area contributed by atoms with Crippen molar-refractivity contribution in [1.82, 2.24) is 10.2 Å². The minimum Gasteiger partial charge on any atom is -0.503 e. The number of hydrogen-bond donors (Lipinski definition) is 1. The molecule has 126 valence electrons. The van der Waals surface area contributed by atoms with Gasteiger partial charge in [0.2, 0.25) is 10.9 Å². The van der Waals surface area contributed by atoms with Crippen LogP contribution in [0.2, 0.25) is 0 Å². The molecule has 7 nitrogen and oxygen atoms in total. The Balaban J connectivity index is 1.87. The van der Waals surface area contributed by atoms with Gasteiger partial charge in [-0.3, -0.25) is 14.5 Å². The maximum Gasteiger partial charge on any atom is 0.296 e. The van der Waals surface area contributed by atoms with Crippen LogP contribution in [0.15, 0.2) is 55.6 Å². The van der Waals surface area contributed by atoms with Crippen molar-refractivity contribution in [3.8, 4) is 0 Å². The lowest BCUT2D eigenvalue weighted by Gasteiger charge is -2.22. The van der Waals surface area contributed by atoms with E-state index in [9.17, 15) is 14.7 Å². The lowest BCUT2D eigenvalue weighted by atomic mass is 10.0. The maximum atomic E-state index is 12.8. The van der Waals surface area contributed by atoms with Crippen LogP contribution in [0.25, 0.3) is 0 Å². The van der Waals surface area contributed by atoms with Gasteiger partial charge in [-0.2, -0.15) is 0 Å². The highest BCUT2D eigenvalue weighted by Gasteiger charge is 2.47. The summed E-state index contributed by atoms with van der Waals surface area (Å²) in [6, 6.07) is 5.86. The molecule has 0 fully saturated rings. The number of carbonyl (C=O) groups excluding carboxylic acids is 2. The molecule has 0 saturated carbocycles. The van der Waals surface area contributed by atoms with Gasteiger partial charge in [-0.25, -0.2) is 0 Å². The number of carbonyl (C=O) groups is 2.